The molecule has 0 aromatic carbocycles. The maximum absolute atomic E-state index is 12.7. The zero-order valence-electron chi connectivity index (χ0n) is 12.5. The Bertz CT molecular complexity index is 522. The van der Waals surface area contributed by atoms with Gasteiger partial charge >= 0.3 is 0 Å². The van der Waals surface area contributed by atoms with Crippen molar-refractivity contribution in [2.75, 3.05) is 6.54 Å². The minimum atomic E-state index is -0.328. The lowest BCUT2D eigenvalue weighted by atomic mass is 9.95. The van der Waals surface area contributed by atoms with Crippen molar-refractivity contribution >= 4 is 23.2 Å². The van der Waals surface area contributed by atoms with Gasteiger partial charge < -0.3 is 10.2 Å². The van der Waals surface area contributed by atoms with Gasteiger partial charge in [0.05, 0.1) is 0 Å². The van der Waals surface area contributed by atoms with Crippen molar-refractivity contribution in [2.24, 2.45) is 11.8 Å². The Morgan fingerprint density at radius 2 is 2.14 bits per heavy atom. The molecule has 0 radical (unpaired) electrons. The standard InChI is InChI=1S/C16H22N2O2S/c1-10(2)14-15(19)17-13(12-3-4-12)16(20)18(14)7-5-11-6-8-21-9-11/h6,8-10,12-14H,3-5,7H2,1-2H3,(H,17,19). The molecule has 2 unspecified atom stereocenters. The molecule has 3 rings (SSSR count). The van der Waals surface area contributed by atoms with Crippen LogP contribution in [0.25, 0.3) is 0 Å². The van der Waals surface area contributed by atoms with Crippen LogP contribution in [0.2, 0.25) is 0 Å². The van der Waals surface area contributed by atoms with E-state index in [9.17, 15) is 9.59 Å². The van der Waals surface area contributed by atoms with Crippen LogP contribution in [-0.4, -0.2) is 35.3 Å². The molecule has 1 saturated carbocycles. The molecule has 1 aliphatic heterocycles. The van der Waals surface area contributed by atoms with E-state index in [1.54, 1.807) is 11.3 Å². The van der Waals surface area contributed by atoms with Gasteiger partial charge in [-0.2, -0.15) is 11.3 Å². The van der Waals surface area contributed by atoms with Crippen LogP contribution in [0.15, 0.2) is 16.8 Å². The molecule has 1 aliphatic carbocycles. The maximum Gasteiger partial charge on any atom is 0.246 e. The molecule has 114 valence electrons. The highest BCUT2D eigenvalue weighted by Gasteiger charge is 2.47. The third-order valence-electron chi connectivity index (χ3n) is 4.40. The summed E-state index contributed by atoms with van der Waals surface area (Å²) < 4.78 is 0. The van der Waals surface area contributed by atoms with Crippen LogP contribution in [-0.2, 0) is 16.0 Å². The van der Waals surface area contributed by atoms with E-state index in [0.717, 1.165) is 19.3 Å². The summed E-state index contributed by atoms with van der Waals surface area (Å²) in [7, 11) is 0. The largest absolute Gasteiger partial charge is 0.342 e. The highest BCUT2D eigenvalue weighted by Crippen LogP contribution is 2.35. The quantitative estimate of drug-likeness (QED) is 0.905. The molecule has 0 spiro atoms. The molecule has 2 fully saturated rings. The van der Waals surface area contributed by atoms with Crippen molar-refractivity contribution in [1.82, 2.24) is 10.2 Å². The molecular formula is C16H22N2O2S. The van der Waals surface area contributed by atoms with Gasteiger partial charge in [-0.1, -0.05) is 13.8 Å². The SMILES string of the molecule is CC(C)C1C(=O)NC(C2CC2)C(=O)N1CCc1ccsc1. The number of carbonyl (C=O) groups is 2. The van der Waals surface area contributed by atoms with Crippen LogP contribution in [0.1, 0.15) is 32.3 Å². The van der Waals surface area contributed by atoms with E-state index < -0.39 is 0 Å². The first-order chi connectivity index (χ1) is 10.1. The number of rotatable bonds is 5. The summed E-state index contributed by atoms with van der Waals surface area (Å²) >= 11 is 1.67. The van der Waals surface area contributed by atoms with E-state index in [4.69, 9.17) is 0 Å². The summed E-state index contributed by atoms with van der Waals surface area (Å²) in [5.41, 5.74) is 1.24. The first kappa shape index (κ1) is 14.6. The minimum absolute atomic E-state index is 0.0202. The highest BCUT2D eigenvalue weighted by molar-refractivity contribution is 7.07. The molecule has 1 saturated heterocycles. The third-order valence-corrected chi connectivity index (χ3v) is 5.13. The summed E-state index contributed by atoms with van der Waals surface area (Å²) in [6.45, 7) is 4.65. The molecule has 0 bridgehead atoms. The van der Waals surface area contributed by atoms with Gasteiger partial charge in [0, 0.05) is 6.54 Å². The Morgan fingerprint density at radius 3 is 2.71 bits per heavy atom. The van der Waals surface area contributed by atoms with Gasteiger partial charge in [-0.3, -0.25) is 9.59 Å². The van der Waals surface area contributed by atoms with E-state index in [1.807, 2.05) is 24.1 Å². The second-order valence-corrected chi connectivity index (χ2v) is 7.21. The van der Waals surface area contributed by atoms with Crippen molar-refractivity contribution in [1.29, 1.82) is 0 Å². The Balaban J connectivity index is 1.76. The second-order valence-electron chi connectivity index (χ2n) is 6.43. The fraction of sp³-hybridized carbons (Fsp3) is 0.625. The Kier molecular flexibility index (Phi) is 4.02. The Labute approximate surface area is 129 Å². The molecular weight excluding hydrogens is 284 g/mol. The van der Waals surface area contributed by atoms with Crippen molar-refractivity contribution in [3.8, 4) is 0 Å². The van der Waals surface area contributed by atoms with E-state index >= 15 is 0 Å². The highest BCUT2D eigenvalue weighted by atomic mass is 32.1. The van der Waals surface area contributed by atoms with E-state index in [1.165, 1.54) is 5.56 Å². The predicted molar refractivity (Wildman–Crippen MR) is 83.0 cm³/mol. The summed E-state index contributed by atoms with van der Waals surface area (Å²) in [5.74, 6) is 0.632. The first-order valence-corrected chi connectivity index (χ1v) is 8.64. The maximum atomic E-state index is 12.7. The smallest absolute Gasteiger partial charge is 0.246 e. The number of thiophene rings is 1. The summed E-state index contributed by atoms with van der Waals surface area (Å²) in [6.07, 6.45) is 2.94. The van der Waals surface area contributed by atoms with E-state index in [-0.39, 0.29) is 29.8 Å². The van der Waals surface area contributed by atoms with E-state index in [0.29, 0.717) is 12.5 Å². The van der Waals surface area contributed by atoms with Crippen LogP contribution in [0.3, 0.4) is 0 Å². The molecule has 1 N–H and O–H groups in total. The van der Waals surface area contributed by atoms with Crippen molar-refractivity contribution in [3.05, 3.63) is 22.4 Å². The van der Waals surface area contributed by atoms with Crippen LogP contribution in [0.5, 0.6) is 0 Å². The monoisotopic (exact) mass is 306 g/mol. The molecule has 2 aliphatic rings. The normalized spacial score (nSPS) is 26.3. The first-order valence-electron chi connectivity index (χ1n) is 7.70. The summed E-state index contributed by atoms with van der Waals surface area (Å²) in [6, 6.07) is 1.48. The second kappa shape index (κ2) is 5.79. The van der Waals surface area contributed by atoms with Gasteiger partial charge in [0.25, 0.3) is 0 Å². The number of carbonyl (C=O) groups excluding carboxylic acids is 2. The van der Waals surface area contributed by atoms with Crippen molar-refractivity contribution in [3.63, 3.8) is 0 Å². The number of hydrogen-bond donors (Lipinski definition) is 1. The van der Waals surface area contributed by atoms with Crippen molar-refractivity contribution < 1.29 is 9.59 Å². The average molecular weight is 306 g/mol. The fourth-order valence-corrected chi connectivity index (χ4v) is 3.81. The predicted octanol–water partition coefficient (Wildman–Crippen LogP) is 2.05. The van der Waals surface area contributed by atoms with E-state index in [2.05, 4.69) is 16.8 Å². The molecule has 4 nitrogen and oxygen atoms in total. The van der Waals surface area contributed by atoms with Gasteiger partial charge in [-0.15, -0.1) is 0 Å². The lowest BCUT2D eigenvalue weighted by Gasteiger charge is -2.41. The van der Waals surface area contributed by atoms with Crippen LogP contribution in [0, 0.1) is 11.8 Å². The van der Waals surface area contributed by atoms with Gasteiger partial charge in [0.2, 0.25) is 11.8 Å². The summed E-state index contributed by atoms with van der Waals surface area (Å²) in [5, 5.41) is 7.11. The number of amides is 2. The lowest BCUT2D eigenvalue weighted by Crippen LogP contribution is -2.65. The molecule has 1 aromatic heterocycles. The molecule has 2 heterocycles. The Morgan fingerprint density at radius 1 is 1.38 bits per heavy atom. The number of piperazine rings is 1. The van der Waals surface area contributed by atoms with Gasteiger partial charge in [-0.25, -0.2) is 0 Å². The average Bonchev–Trinajstić information content (AvgIpc) is 3.15. The van der Waals surface area contributed by atoms with Crippen LogP contribution < -0.4 is 5.32 Å². The number of nitrogens with zero attached hydrogens (tertiary/aromatic N) is 1. The summed E-state index contributed by atoms with van der Waals surface area (Å²) in [4.78, 5) is 27.0. The van der Waals surface area contributed by atoms with Gasteiger partial charge in [0.1, 0.15) is 12.1 Å². The topological polar surface area (TPSA) is 49.4 Å². The third kappa shape index (κ3) is 2.98. The molecule has 2 atom stereocenters. The molecule has 2 amide bonds. The fourth-order valence-electron chi connectivity index (χ4n) is 3.10. The van der Waals surface area contributed by atoms with Crippen LogP contribution in [0.4, 0.5) is 0 Å². The zero-order valence-corrected chi connectivity index (χ0v) is 13.4. The van der Waals surface area contributed by atoms with Crippen LogP contribution >= 0.6 is 11.3 Å². The number of hydrogen-bond acceptors (Lipinski definition) is 3. The molecule has 5 heteroatoms. The number of nitrogens with one attached hydrogen (secondary N) is 1. The zero-order chi connectivity index (χ0) is 15.0. The van der Waals surface area contributed by atoms with Gasteiger partial charge in [0.15, 0.2) is 0 Å². The molecule has 21 heavy (non-hydrogen) atoms. The van der Waals surface area contributed by atoms with Crippen molar-refractivity contribution in [2.45, 2.75) is 45.2 Å². The Hall–Kier alpha value is -1.36. The lowest BCUT2D eigenvalue weighted by molar-refractivity contribution is -0.151. The van der Waals surface area contributed by atoms with Gasteiger partial charge in [-0.05, 0) is 53.5 Å². The molecule has 1 aromatic rings. The minimum Gasteiger partial charge on any atom is -0.342 e.